The minimum atomic E-state index is -0.604. The Morgan fingerprint density at radius 1 is 1.30 bits per heavy atom. The molecule has 0 saturated heterocycles. The molecule has 7 nitrogen and oxygen atoms in total. The smallest absolute Gasteiger partial charge is 0.339 e. The van der Waals surface area contributed by atoms with E-state index in [1.54, 1.807) is 29.4 Å². The lowest BCUT2D eigenvalue weighted by molar-refractivity contribution is 0.0601. The van der Waals surface area contributed by atoms with Crippen LogP contribution in [0.2, 0.25) is 5.02 Å². The van der Waals surface area contributed by atoms with Crippen LogP contribution in [0, 0.1) is 5.82 Å². The standard InChI is InChI=1S/C21H18ClFN4O3/c1-30-20(28)15-10-14(5-6-16(15)22)26-21(29)27-8-7-17-18(25-11-24-17)19(27)12-3-2-4-13(23)9-12/h2-6,9-11,19H,7-8H2,1H3,(H,24,25)(H,26,29)/t19-/m0/s1. The zero-order valence-electron chi connectivity index (χ0n) is 16.0. The molecule has 1 aliphatic heterocycles. The number of imidazole rings is 1. The molecule has 2 amide bonds. The number of H-pyrrole nitrogens is 1. The number of carbonyl (C=O) groups is 2. The van der Waals surface area contributed by atoms with Crippen molar-refractivity contribution in [2.45, 2.75) is 12.5 Å². The fourth-order valence-electron chi connectivity index (χ4n) is 3.57. The highest BCUT2D eigenvalue weighted by atomic mass is 35.5. The van der Waals surface area contributed by atoms with Crippen LogP contribution in [0.5, 0.6) is 0 Å². The summed E-state index contributed by atoms with van der Waals surface area (Å²) in [4.78, 5) is 34.0. The molecule has 0 aliphatic carbocycles. The number of anilines is 1. The van der Waals surface area contributed by atoms with Crippen LogP contribution in [0.4, 0.5) is 14.9 Å². The first-order valence-electron chi connectivity index (χ1n) is 9.21. The van der Waals surface area contributed by atoms with Crippen LogP contribution in [0.15, 0.2) is 48.8 Å². The van der Waals surface area contributed by atoms with Gasteiger partial charge < -0.3 is 19.9 Å². The van der Waals surface area contributed by atoms with E-state index in [2.05, 4.69) is 15.3 Å². The molecular formula is C21H18ClFN4O3. The molecule has 0 saturated carbocycles. The third kappa shape index (κ3) is 3.73. The van der Waals surface area contributed by atoms with Crippen molar-refractivity contribution in [2.24, 2.45) is 0 Å². The summed E-state index contributed by atoms with van der Waals surface area (Å²) < 4.78 is 18.6. The number of rotatable bonds is 3. The lowest BCUT2D eigenvalue weighted by atomic mass is 9.96. The topological polar surface area (TPSA) is 87.3 Å². The zero-order chi connectivity index (χ0) is 21.3. The molecule has 9 heteroatoms. The number of aromatic amines is 1. The second kappa shape index (κ2) is 8.16. The molecule has 2 N–H and O–H groups in total. The Kier molecular flexibility index (Phi) is 5.41. The number of urea groups is 1. The third-order valence-corrected chi connectivity index (χ3v) is 5.30. The Balaban J connectivity index is 1.65. The van der Waals surface area contributed by atoms with E-state index in [1.807, 2.05) is 0 Å². The van der Waals surface area contributed by atoms with E-state index in [9.17, 15) is 14.0 Å². The number of amides is 2. The van der Waals surface area contributed by atoms with Gasteiger partial charge in [0.15, 0.2) is 0 Å². The number of hydrogen-bond donors (Lipinski definition) is 2. The summed E-state index contributed by atoms with van der Waals surface area (Å²) in [5, 5.41) is 3.00. The van der Waals surface area contributed by atoms with Gasteiger partial charge in [0.1, 0.15) is 11.9 Å². The predicted molar refractivity (Wildman–Crippen MR) is 109 cm³/mol. The van der Waals surface area contributed by atoms with E-state index in [1.165, 1.54) is 31.4 Å². The Bertz CT molecular complexity index is 1120. The highest BCUT2D eigenvalue weighted by Crippen LogP contribution is 2.34. The van der Waals surface area contributed by atoms with Gasteiger partial charge in [0.2, 0.25) is 0 Å². The number of benzene rings is 2. The molecule has 1 aliphatic rings. The van der Waals surface area contributed by atoms with Gasteiger partial charge in [0.05, 0.1) is 29.7 Å². The highest BCUT2D eigenvalue weighted by molar-refractivity contribution is 6.33. The number of carbonyl (C=O) groups excluding carboxylic acids is 2. The highest BCUT2D eigenvalue weighted by Gasteiger charge is 2.34. The van der Waals surface area contributed by atoms with Gasteiger partial charge in [-0.05, 0) is 35.9 Å². The van der Waals surface area contributed by atoms with Gasteiger partial charge in [0.25, 0.3) is 0 Å². The van der Waals surface area contributed by atoms with Crippen molar-refractivity contribution in [1.82, 2.24) is 14.9 Å². The molecule has 2 heterocycles. The number of aromatic nitrogens is 2. The van der Waals surface area contributed by atoms with E-state index in [4.69, 9.17) is 16.3 Å². The van der Waals surface area contributed by atoms with Crippen LogP contribution < -0.4 is 5.32 Å². The quantitative estimate of drug-likeness (QED) is 0.613. The molecule has 0 spiro atoms. The minimum absolute atomic E-state index is 0.145. The molecule has 4 rings (SSSR count). The van der Waals surface area contributed by atoms with Crippen molar-refractivity contribution in [2.75, 3.05) is 19.0 Å². The molecule has 1 aromatic heterocycles. The zero-order valence-corrected chi connectivity index (χ0v) is 16.7. The number of ether oxygens (including phenoxy) is 1. The van der Waals surface area contributed by atoms with Gasteiger partial charge in [-0.25, -0.2) is 19.0 Å². The number of methoxy groups -OCH3 is 1. The molecule has 3 aromatic rings. The largest absolute Gasteiger partial charge is 0.465 e. The Morgan fingerprint density at radius 2 is 2.13 bits per heavy atom. The third-order valence-electron chi connectivity index (χ3n) is 4.97. The summed E-state index contributed by atoms with van der Waals surface area (Å²) in [5.74, 6) is -0.996. The number of nitrogens with one attached hydrogen (secondary N) is 2. The van der Waals surface area contributed by atoms with Crippen LogP contribution in [-0.2, 0) is 11.2 Å². The van der Waals surface area contributed by atoms with Gasteiger partial charge >= 0.3 is 12.0 Å². The molecule has 0 radical (unpaired) electrons. The summed E-state index contributed by atoms with van der Waals surface area (Å²) in [6.07, 6.45) is 2.16. The first-order chi connectivity index (χ1) is 14.5. The van der Waals surface area contributed by atoms with Gasteiger partial charge in [-0.15, -0.1) is 0 Å². The molecule has 2 aromatic carbocycles. The first-order valence-corrected chi connectivity index (χ1v) is 9.59. The second-order valence-corrected chi connectivity index (χ2v) is 7.19. The van der Waals surface area contributed by atoms with E-state index >= 15 is 0 Å². The number of nitrogens with zero attached hydrogens (tertiary/aromatic N) is 2. The summed E-state index contributed by atoms with van der Waals surface area (Å²) in [5.41, 5.74) is 2.73. The van der Waals surface area contributed by atoms with Gasteiger partial charge in [-0.1, -0.05) is 23.7 Å². The minimum Gasteiger partial charge on any atom is -0.465 e. The average molecular weight is 429 g/mol. The maximum absolute atomic E-state index is 13.9. The van der Waals surface area contributed by atoms with E-state index in [-0.39, 0.29) is 10.6 Å². The van der Waals surface area contributed by atoms with E-state index < -0.39 is 23.9 Å². The fraction of sp³-hybridized carbons (Fsp3) is 0.190. The second-order valence-electron chi connectivity index (χ2n) is 6.78. The SMILES string of the molecule is COC(=O)c1cc(NC(=O)N2CCc3[nH]cnc3[C@@H]2c2cccc(F)c2)ccc1Cl. The Morgan fingerprint density at radius 3 is 2.90 bits per heavy atom. The first kappa shape index (κ1) is 19.9. The van der Waals surface area contributed by atoms with Gasteiger partial charge in [0, 0.05) is 24.3 Å². The maximum Gasteiger partial charge on any atom is 0.339 e. The van der Waals surface area contributed by atoms with E-state index in [0.717, 1.165) is 5.69 Å². The van der Waals surface area contributed by atoms with Crippen molar-refractivity contribution >= 4 is 29.3 Å². The van der Waals surface area contributed by atoms with Crippen LogP contribution >= 0.6 is 11.6 Å². The van der Waals surface area contributed by atoms with Crippen LogP contribution in [0.1, 0.15) is 33.4 Å². The van der Waals surface area contributed by atoms with Crippen molar-refractivity contribution in [3.8, 4) is 0 Å². The summed E-state index contributed by atoms with van der Waals surface area (Å²) in [7, 11) is 1.25. The van der Waals surface area contributed by atoms with Gasteiger partial charge in [-0.2, -0.15) is 0 Å². The fourth-order valence-corrected chi connectivity index (χ4v) is 3.77. The van der Waals surface area contributed by atoms with Crippen LogP contribution in [0.3, 0.4) is 0 Å². The van der Waals surface area contributed by atoms with Crippen molar-refractivity contribution in [1.29, 1.82) is 0 Å². The van der Waals surface area contributed by atoms with Crippen LogP contribution in [0.25, 0.3) is 0 Å². The average Bonchev–Trinajstić information content (AvgIpc) is 3.22. The Labute approximate surface area is 176 Å². The maximum atomic E-state index is 13.9. The van der Waals surface area contributed by atoms with Crippen molar-refractivity contribution in [3.63, 3.8) is 0 Å². The monoisotopic (exact) mass is 428 g/mol. The Hall–Kier alpha value is -3.39. The van der Waals surface area contributed by atoms with Crippen molar-refractivity contribution < 1.29 is 18.7 Å². The van der Waals surface area contributed by atoms with Gasteiger partial charge in [-0.3, -0.25) is 0 Å². The van der Waals surface area contributed by atoms with Crippen LogP contribution in [-0.4, -0.2) is 40.5 Å². The van der Waals surface area contributed by atoms with Crippen molar-refractivity contribution in [3.05, 3.63) is 82.1 Å². The molecule has 0 unspecified atom stereocenters. The molecule has 1 atom stereocenters. The lowest BCUT2D eigenvalue weighted by Gasteiger charge is -2.35. The molecule has 0 fully saturated rings. The predicted octanol–water partition coefficient (Wildman–Crippen LogP) is 4.17. The normalized spacial score (nSPS) is 15.4. The molecular weight excluding hydrogens is 411 g/mol. The lowest BCUT2D eigenvalue weighted by Crippen LogP contribution is -2.43. The molecule has 154 valence electrons. The number of hydrogen-bond acceptors (Lipinski definition) is 4. The molecule has 30 heavy (non-hydrogen) atoms. The summed E-state index contributed by atoms with van der Waals surface area (Å²) in [6.45, 7) is 0.402. The summed E-state index contributed by atoms with van der Waals surface area (Å²) >= 11 is 6.05. The number of fused-ring (bicyclic) bond motifs is 1. The number of halogens is 2. The van der Waals surface area contributed by atoms with E-state index in [0.29, 0.717) is 29.9 Å². The summed E-state index contributed by atoms with van der Waals surface area (Å²) in [6, 6.07) is 9.70. The molecule has 0 bridgehead atoms. The number of esters is 1.